The molecule has 0 fully saturated rings. The van der Waals surface area contributed by atoms with Crippen molar-refractivity contribution < 1.29 is 17.6 Å². The van der Waals surface area contributed by atoms with E-state index in [1.165, 1.54) is 35.2 Å². The molecule has 0 aliphatic carbocycles. The molecule has 0 saturated heterocycles. The molecule has 0 spiro atoms. The van der Waals surface area contributed by atoms with Gasteiger partial charge in [-0.25, -0.2) is 13.2 Å². The molecule has 1 amide bonds. The van der Waals surface area contributed by atoms with E-state index in [0.29, 0.717) is 21.6 Å². The molecule has 7 nitrogen and oxygen atoms in total. The molecule has 0 atom stereocenters. The molecule has 0 bridgehead atoms. The van der Waals surface area contributed by atoms with Crippen LogP contribution in [0.2, 0.25) is 0 Å². The third-order valence-electron chi connectivity index (χ3n) is 3.58. The highest BCUT2D eigenvalue weighted by atomic mass is 32.2. The van der Waals surface area contributed by atoms with Crippen molar-refractivity contribution in [3.63, 3.8) is 0 Å². The topological polar surface area (TPSA) is 96.7 Å². The number of nitrogens with zero attached hydrogens (tertiary/aromatic N) is 1. The standard InChI is InChI=1S/C18H16N2O5S2/c1-20(2)18(22)26-14-6-4-13(5-7-14)19-27(23,24)15-8-9-16-12(11-15)3-10-17(21)25-16/h3-11,19H,1-2H3. The lowest BCUT2D eigenvalue weighted by molar-refractivity contribution is 0.241. The lowest BCUT2D eigenvalue weighted by Crippen LogP contribution is -2.16. The second-order valence-corrected chi connectivity index (χ2v) is 8.55. The summed E-state index contributed by atoms with van der Waals surface area (Å²) in [4.78, 5) is 25.1. The SMILES string of the molecule is CN(C)C(=O)Sc1ccc(NS(=O)(=O)c2ccc3oc(=O)ccc3c2)cc1. The monoisotopic (exact) mass is 404 g/mol. The predicted molar refractivity (Wildman–Crippen MR) is 105 cm³/mol. The van der Waals surface area contributed by atoms with Gasteiger partial charge in [0.1, 0.15) is 5.58 Å². The van der Waals surface area contributed by atoms with Gasteiger partial charge >= 0.3 is 5.63 Å². The van der Waals surface area contributed by atoms with E-state index in [-0.39, 0.29) is 10.1 Å². The third-order valence-corrected chi connectivity index (χ3v) is 6.00. The van der Waals surface area contributed by atoms with Gasteiger partial charge in [0.15, 0.2) is 0 Å². The van der Waals surface area contributed by atoms with E-state index in [4.69, 9.17) is 4.42 Å². The number of amides is 1. The molecular formula is C18H16N2O5S2. The van der Waals surface area contributed by atoms with Gasteiger partial charge in [-0.2, -0.15) is 0 Å². The van der Waals surface area contributed by atoms with E-state index >= 15 is 0 Å². The van der Waals surface area contributed by atoms with Crippen molar-refractivity contribution in [3.8, 4) is 0 Å². The minimum absolute atomic E-state index is 0.0464. The Kier molecular flexibility index (Phi) is 5.24. The number of sulfonamides is 1. The third kappa shape index (κ3) is 4.50. The fourth-order valence-electron chi connectivity index (χ4n) is 2.21. The van der Waals surface area contributed by atoms with Crippen LogP contribution in [0.4, 0.5) is 10.5 Å². The molecule has 3 rings (SSSR count). The maximum atomic E-state index is 12.6. The van der Waals surface area contributed by atoms with Gasteiger partial charge in [0.2, 0.25) is 0 Å². The summed E-state index contributed by atoms with van der Waals surface area (Å²) in [6, 6.07) is 13.5. The summed E-state index contributed by atoms with van der Waals surface area (Å²) in [7, 11) is -0.497. The van der Waals surface area contributed by atoms with Crippen molar-refractivity contribution in [2.24, 2.45) is 0 Å². The number of benzene rings is 2. The van der Waals surface area contributed by atoms with Crippen molar-refractivity contribution in [1.82, 2.24) is 4.90 Å². The quantitative estimate of drug-likeness (QED) is 0.529. The summed E-state index contributed by atoms with van der Waals surface area (Å²) in [6.45, 7) is 0. The van der Waals surface area contributed by atoms with Gasteiger partial charge in [0.25, 0.3) is 15.3 Å². The highest BCUT2D eigenvalue weighted by Crippen LogP contribution is 2.24. The molecular weight excluding hydrogens is 388 g/mol. The largest absolute Gasteiger partial charge is 0.423 e. The molecule has 140 valence electrons. The summed E-state index contributed by atoms with van der Waals surface area (Å²) >= 11 is 1.05. The van der Waals surface area contributed by atoms with Gasteiger partial charge < -0.3 is 9.32 Å². The lowest BCUT2D eigenvalue weighted by Gasteiger charge is -2.11. The Morgan fingerprint density at radius 2 is 1.74 bits per heavy atom. The Balaban J connectivity index is 1.81. The fraction of sp³-hybridized carbons (Fsp3) is 0.111. The Morgan fingerprint density at radius 3 is 2.41 bits per heavy atom. The van der Waals surface area contributed by atoms with Crippen LogP contribution in [-0.4, -0.2) is 32.7 Å². The fourth-order valence-corrected chi connectivity index (χ4v) is 3.96. The summed E-state index contributed by atoms with van der Waals surface area (Å²) in [6.07, 6.45) is 0. The second kappa shape index (κ2) is 7.45. The first-order chi connectivity index (χ1) is 12.7. The van der Waals surface area contributed by atoms with Crippen LogP contribution in [0.5, 0.6) is 0 Å². The Morgan fingerprint density at radius 1 is 1.04 bits per heavy atom. The molecule has 0 unspecified atom stereocenters. The summed E-state index contributed by atoms with van der Waals surface area (Å²) in [5.41, 5.74) is 0.187. The average Bonchev–Trinajstić information content (AvgIpc) is 2.62. The van der Waals surface area contributed by atoms with Gasteiger partial charge in [-0.05, 0) is 60.3 Å². The number of anilines is 1. The number of carbonyl (C=O) groups excluding carboxylic acids is 1. The Hall–Kier alpha value is -2.78. The van der Waals surface area contributed by atoms with Crippen LogP contribution in [0.3, 0.4) is 0 Å². The number of hydrogen-bond acceptors (Lipinski definition) is 6. The van der Waals surface area contributed by atoms with Gasteiger partial charge in [-0.15, -0.1) is 0 Å². The molecule has 1 aromatic heterocycles. The van der Waals surface area contributed by atoms with Crippen LogP contribution in [0, 0.1) is 0 Å². The molecule has 3 aromatic rings. The summed E-state index contributed by atoms with van der Waals surface area (Å²) in [5, 5.41) is 0.387. The predicted octanol–water partition coefficient (Wildman–Crippen LogP) is 3.37. The minimum Gasteiger partial charge on any atom is -0.423 e. The zero-order chi connectivity index (χ0) is 19.6. The molecule has 1 N–H and O–H groups in total. The van der Waals surface area contributed by atoms with E-state index in [1.54, 1.807) is 38.4 Å². The van der Waals surface area contributed by atoms with Gasteiger partial charge in [0.05, 0.1) is 4.90 Å². The number of nitrogens with one attached hydrogen (secondary N) is 1. The first-order valence-electron chi connectivity index (χ1n) is 7.80. The van der Waals surface area contributed by atoms with E-state index in [1.807, 2.05) is 0 Å². The molecule has 9 heteroatoms. The Labute approximate surface area is 160 Å². The van der Waals surface area contributed by atoms with Gasteiger partial charge in [-0.3, -0.25) is 9.52 Å². The van der Waals surface area contributed by atoms with Crippen LogP contribution in [-0.2, 0) is 10.0 Å². The minimum atomic E-state index is -3.82. The van der Waals surface area contributed by atoms with Gasteiger partial charge in [0, 0.05) is 36.1 Å². The zero-order valence-electron chi connectivity index (χ0n) is 14.5. The van der Waals surface area contributed by atoms with Crippen LogP contribution in [0.25, 0.3) is 11.0 Å². The van der Waals surface area contributed by atoms with Crippen molar-refractivity contribution in [2.75, 3.05) is 18.8 Å². The van der Waals surface area contributed by atoms with E-state index in [2.05, 4.69) is 4.72 Å². The van der Waals surface area contributed by atoms with Crippen LogP contribution >= 0.6 is 11.8 Å². The second-order valence-electron chi connectivity index (χ2n) is 5.85. The van der Waals surface area contributed by atoms with Crippen molar-refractivity contribution in [2.45, 2.75) is 9.79 Å². The highest BCUT2D eigenvalue weighted by molar-refractivity contribution is 8.13. The van der Waals surface area contributed by atoms with Crippen LogP contribution in [0.15, 0.2) is 73.6 Å². The van der Waals surface area contributed by atoms with E-state index < -0.39 is 15.6 Å². The first-order valence-corrected chi connectivity index (χ1v) is 10.1. The van der Waals surface area contributed by atoms with E-state index in [9.17, 15) is 18.0 Å². The van der Waals surface area contributed by atoms with Crippen molar-refractivity contribution in [3.05, 3.63) is 65.0 Å². The summed E-state index contributed by atoms with van der Waals surface area (Å²) < 4.78 is 32.7. The molecule has 2 aromatic carbocycles. The number of fused-ring (bicyclic) bond motifs is 1. The normalized spacial score (nSPS) is 11.3. The van der Waals surface area contributed by atoms with Crippen molar-refractivity contribution >= 4 is 43.7 Å². The summed E-state index contributed by atoms with van der Waals surface area (Å²) in [5.74, 6) is 0. The molecule has 1 heterocycles. The maximum Gasteiger partial charge on any atom is 0.336 e. The molecule has 0 aliphatic heterocycles. The molecule has 0 aliphatic rings. The first kappa shape index (κ1) is 19.0. The number of carbonyl (C=O) groups is 1. The lowest BCUT2D eigenvalue weighted by atomic mass is 10.2. The molecule has 27 heavy (non-hydrogen) atoms. The number of hydrogen-bond donors (Lipinski definition) is 1. The smallest absolute Gasteiger partial charge is 0.336 e. The average molecular weight is 404 g/mol. The maximum absolute atomic E-state index is 12.6. The van der Waals surface area contributed by atoms with Crippen LogP contribution < -0.4 is 10.3 Å². The number of thioether (sulfide) groups is 1. The van der Waals surface area contributed by atoms with Crippen LogP contribution in [0.1, 0.15) is 0 Å². The highest BCUT2D eigenvalue weighted by Gasteiger charge is 2.15. The molecule has 0 saturated carbocycles. The van der Waals surface area contributed by atoms with Gasteiger partial charge in [-0.1, -0.05) is 0 Å². The Bertz CT molecular complexity index is 1150. The van der Waals surface area contributed by atoms with E-state index in [0.717, 1.165) is 11.8 Å². The zero-order valence-corrected chi connectivity index (χ0v) is 16.1. The van der Waals surface area contributed by atoms with Crippen molar-refractivity contribution in [1.29, 1.82) is 0 Å². The number of rotatable bonds is 4. The molecule has 0 radical (unpaired) electrons.